The number of thioether (sulfide) groups is 1. The summed E-state index contributed by atoms with van der Waals surface area (Å²) in [5.74, 6) is 0.882. The van der Waals surface area contributed by atoms with Crippen molar-refractivity contribution in [3.63, 3.8) is 0 Å². The number of amides is 2. The largest absolute Gasteiger partial charge is 0.360 e. The molecule has 10 heteroatoms. The summed E-state index contributed by atoms with van der Waals surface area (Å²) >= 11 is 2.64. The molecule has 8 nitrogen and oxygen atoms in total. The van der Waals surface area contributed by atoms with E-state index >= 15 is 0 Å². The fraction of sp³-hybridized carbons (Fsp3) is 0.533. The molecule has 2 aromatic heterocycles. The van der Waals surface area contributed by atoms with Crippen LogP contribution in [0.4, 0.5) is 10.9 Å². The molecule has 1 fully saturated rings. The van der Waals surface area contributed by atoms with Gasteiger partial charge in [-0.1, -0.05) is 35.2 Å². The van der Waals surface area contributed by atoms with Crippen molar-refractivity contribution >= 4 is 45.9 Å². The van der Waals surface area contributed by atoms with Gasteiger partial charge in [0.1, 0.15) is 5.76 Å². The summed E-state index contributed by atoms with van der Waals surface area (Å²) in [7, 11) is 0. The summed E-state index contributed by atoms with van der Waals surface area (Å²) < 4.78 is 5.58. The minimum absolute atomic E-state index is 0.0578. The highest BCUT2D eigenvalue weighted by atomic mass is 32.2. The molecule has 2 aromatic rings. The third kappa shape index (κ3) is 4.37. The van der Waals surface area contributed by atoms with Crippen LogP contribution in [0, 0.1) is 6.92 Å². The van der Waals surface area contributed by atoms with Crippen molar-refractivity contribution in [3.05, 3.63) is 11.8 Å². The molecular weight excluding hydrogens is 362 g/mol. The van der Waals surface area contributed by atoms with Gasteiger partial charge in [0.2, 0.25) is 16.9 Å². The van der Waals surface area contributed by atoms with Crippen LogP contribution in [-0.2, 0) is 9.59 Å². The molecule has 1 atom stereocenters. The highest BCUT2D eigenvalue weighted by molar-refractivity contribution is 8.02. The zero-order chi connectivity index (χ0) is 18.0. The van der Waals surface area contributed by atoms with Crippen LogP contribution in [0.25, 0.3) is 0 Å². The first-order chi connectivity index (χ1) is 12.0. The van der Waals surface area contributed by atoms with Crippen molar-refractivity contribution in [1.82, 2.24) is 15.4 Å². The van der Waals surface area contributed by atoms with Gasteiger partial charge in [-0.3, -0.25) is 14.5 Å². The molecule has 1 N–H and O–H groups in total. The lowest BCUT2D eigenvalue weighted by Crippen LogP contribution is -2.32. The van der Waals surface area contributed by atoms with Gasteiger partial charge in [0, 0.05) is 18.5 Å². The molecule has 25 heavy (non-hydrogen) atoms. The standard InChI is InChI=1S/C15H19N5O3S2/c1-4-12(21)20(10-5-6-10)14-17-18-15(25-14)24-9(3)13(22)16-11-7-8(2)23-19-11/h7,9-10H,4-6H2,1-3H3,(H,16,19,22). The molecule has 0 saturated heterocycles. The number of carbonyl (C=O) groups excluding carboxylic acids is 2. The van der Waals surface area contributed by atoms with Gasteiger partial charge in [-0.15, -0.1) is 10.2 Å². The summed E-state index contributed by atoms with van der Waals surface area (Å²) in [6.07, 6.45) is 2.45. The first-order valence-electron chi connectivity index (χ1n) is 8.04. The number of hydrogen-bond donors (Lipinski definition) is 1. The number of nitrogens with one attached hydrogen (secondary N) is 1. The van der Waals surface area contributed by atoms with Crippen molar-refractivity contribution in [2.24, 2.45) is 0 Å². The lowest BCUT2D eigenvalue weighted by Gasteiger charge is -2.17. The number of nitrogens with zero attached hydrogens (tertiary/aromatic N) is 4. The van der Waals surface area contributed by atoms with E-state index in [2.05, 4.69) is 20.7 Å². The number of aryl methyl sites for hydroxylation is 1. The van der Waals surface area contributed by atoms with Crippen LogP contribution in [0.2, 0.25) is 0 Å². The van der Waals surface area contributed by atoms with Crippen LogP contribution >= 0.6 is 23.1 Å². The smallest absolute Gasteiger partial charge is 0.238 e. The summed E-state index contributed by atoms with van der Waals surface area (Å²) in [5.41, 5.74) is 0. The lowest BCUT2D eigenvalue weighted by molar-refractivity contribution is -0.118. The quantitative estimate of drug-likeness (QED) is 0.581. The molecule has 1 aliphatic carbocycles. The topological polar surface area (TPSA) is 101 Å². The van der Waals surface area contributed by atoms with Crippen LogP contribution < -0.4 is 10.2 Å². The van der Waals surface area contributed by atoms with E-state index < -0.39 is 0 Å². The van der Waals surface area contributed by atoms with Gasteiger partial charge < -0.3 is 9.84 Å². The van der Waals surface area contributed by atoms with Gasteiger partial charge in [0.05, 0.1) is 5.25 Å². The molecule has 0 radical (unpaired) electrons. The molecule has 1 aliphatic rings. The van der Waals surface area contributed by atoms with Gasteiger partial charge in [0.15, 0.2) is 10.2 Å². The Morgan fingerprint density at radius 3 is 2.84 bits per heavy atom. The highest BCUT2D eigenvalue weighted by Gasteiger charge is 2.35. The Balaban J connectivity index is 1.62. The summed E-state index contributed by atoms with van der Waals surface area (Å²) in [6.45, 7) is 5.38. The maximum atomic E-state index is 12.2. The number of rotatable bonds is 7. The average Bonchev–Trinajstić information content (AvgIpc) is 3.17. The van der Waals surface area contributed by atoms with Gasteiger partial charge in [-0.2, -0.15) is 0 Å². The zero-order valence-corrected chi connectivity index (χ0v) is 15.8. The Labute approximate surface area is 153 Å². The summed E-state index contributed by atoms with van der Waals surface area (Å²) in [6, 6.07) is 1.90. The monoisotopic (exact) mass is 381 g/mol. The van der Waals surface area contributed by atoms with Gasteiger partial charge in [0.25, 0.3) is 0 Å². The molecule has 0 aliphatic heterocycles. The molecule has 1 unspecified atom stereocenters. The Bertz CT molecular complexity index is 771. The minimum atomic E-state index is -0.381. The van der Waals surface area contributed by atoms with E-state index in [0.29, 0.717) is 27.5 Å². The Kier molecular flexibility index (Phi) is 5.38. The fourth-order valence-electron chi connectivity index (χ4n) is 2.17. The first kappa shape index (κ1) is 17.9. The molecule has 0 aromatic carbocycles. The van der Waals surface area contributed by atoms with E-state index in [4.69, 9.17) is 4.52 Å². The van der Waals surface area contributed by atoms with Crippen molar-refractivity contribution in [3.8, 4) is 0 Å². The van der Waals surface area contributed by atoms with Crippen LogP contribution in [0.1, 0.15) is 38.9 Å². The first-order valence-corrected chi connectivity index (χ1v) is 9.74. The average molecular weight is 381 g/mol. The number of hydrogen-bond acceptors (Lipinski definition) is 8. The normalized spacial score (nSPS) is 15.0. The maximum Gasteiger partial charge on any atom is 0.238 e. The molecule has 1 saturated carbocycles. The second kappa shape index (κ2) is 7.52. The number of carbonyl (C=O) groups is 2. The highest BCUT2D eigenvalue weighted by Crippen LogP contribution is 2.37. The van der Waals surface area contributed by atoms with Crippen molar-refractivity contribution in [1.29, 1.82) is 0 Å². The second-order valence-electron chi connectivity index (χ2n) is 5.77. The van der Waals surface area contributed by atoms with Crippen molar-refractivity contribution in [2.45, 2.75) is 55.7 Å². The predicted octanol–water partition coefficient (Wildman–Crippen LogP) is 2.86. The van der Waals surface area contributed by atoms with Crippen LogP contribution in [-0.4, -0.2) is 38.5 Å². The van der Waals surface area contributed by atoms with E-state index in [0.717, 1.165) is 12.8 Å². The van der Waals surface area contributed by atoms with E-state index in [9.17, 15) is 9.59 Å². The minimum Gasteiger partial charge on any atom is -0.360 e. The van der Waals surface area contributed by atoms with Gasteiger partial charge >= 0.3 is 0 Å². The van der Waals surface area contributed by atoms with Crippen molar-refractivity contribution in [2.75, 3.05) is 10.2 Å². The van der Waals surface area contributed by atoms with Crippen LogP contribution in [0.5, 0.6) is 0 Å². The Morgan fingerprint density at radius 1 is 1.48 bits per heavy atom. The molecule has 3 rings (SSSR count). The lowest BCUT2D eigenvalue weighted by atomic mass is 10.4. The number of anilines is 2. The molecule has 134 valence electrons. The van der Waals surface area contributed by atoms with Crippen LogP contribution in [0.3, 0.4) is 0 Å². The van der Waals surface area contributed by atoms with E-state index in [-0.39, 0.29) is 23.1 Å². The fourth-order valence-corrected chi connectivity index (χ4v) is 4.25. The third-order valence-electron chi connectivity index (χ3n) is 3.61. The van der Waals surface area contributed by atoms with E-state index in [1.54, 1.807) is 24.8 Å². The molecule has 0 spiro atoms. The van der Waals surface area contributed by atoms with Gasteiger partial charge in [-0.05, 0) is 26.7 Å². The third-order valence-corrected chi connectivity index (χ3v) is 5.72. The zero-order valence-electron chi connectivity index (χ0n) is 14.2. The molecule has 0 bridgehead atoms. The summed E-state index contributed by atoms with van der Waals surface area (Å²) in [5, 5.41) is 14.9. The van der Waals surface area contributed by atoms with E-state index in [1.807, 2.05) is 6.92 Å². The molecule has 2 heterocycles. The van der Waals surface area contributed by atoms with Gasteiger partial charge in [-0.25, -0.2) is 0 Å². The van der Waals surface area contributed by atoms with Crippen molar-refractivity contribution < 1.29 is 14.1 Å². The number of aromatic nitrogens is 3. The van der Waals surface area contributed by atoms with E-state index in [1.165, 1.54) is 23.1 Å². The Morgan fingerprint density at radius 2 is 2.24 bits per heavy atom. The summed E-state index contributed by atoms with van der Waals surface area (Å²) in [4.78, 5) is 26.1. The Hall–Kier alpha value is -1.94. The maximum absolute atomic E-state index is 12.2. The SMILES string of the molecule is CCC(=O)N(c1nnc(SC(C)C(=O)Nc2cc(C)on2)s1)C1CC1. The molecule has 2 amide bonds. The second-order valence-corrected chi connectivity index (χ2v) is 8.32. The molecular formula is C15H19N5O3S2. The van der Waals surface area contributed by atoms with Crippen LogP contribution in [0.15, 0.2) is 14.9 Å². The predicted molar refractivity (Wildman–Crippen MR) is 95.9 cm³/mol.